The summed E-state index contributed by atoms with van der Waals surface area (Å²) in [5.74, 6) is 4.41. The molecule has 1 N–H and O–H groups in total. The number of nitrogens with one attached hydrogen (secondary N) is 1. The molecule has 0 fully saturated rings. The number of rotatable bonds is 5. The first-order valence-corrected chi connectivity index (χ1v) is 7.58. The topological polar surface area (TPSA) is 43.6 Å². The Morgan fingerprint density at radius 1 is 1.05 bits per heavy atom. The molecule has 106 valence electrons. The summed E-state index contributed by atoms with van der Waals surface area (Å²) in [6.45, 7) is 2.00. The zero-order valence-electron chi connectivity index (χ0n) is 11.3. The van der Waals surface area contributed by atoms with Crippen LogP contribution in [0.3, 0.4) is 0 Å². The summed E-state index contributed by atoms with van der Waals surface area (Å²) in [5, 5.41) is 3.07. The zero-order valence-corrected chi connectivity index (χ0v) is 12.2. The molecule has 0 aliphatic carbocycles. The quantitative estimate of drug-likeness (QED) is 0.858. The minimum atomic E-state index is 0.618. The lowest BCUT2D eigenvalue weighted by molar-refractivity contribution is 0.171. The fourth-order valence-corrected chi connectivity index (χ4v) is 2.86. The Labute approximate surface area is 122 Å². The lowest BCUT2D eigenvalue weighted by atomic mass is 10.3. The summed E-state index contributed by atoms with van der Waals surface area (Å²) in [6, 6.07) is 10.1. The first-order valence-electron chi connectivity index (χ1n) is 6.60. The maximum atomic E-state index is 5.72. The fraction of sp³-hybridized carbons (Fsp3) is 0.333. The Morgan fingerprint density at radius 3 is 2.70 bits per heavy atom. The summed E-state index contributed by atoms with van der Waals surface area (Å²) in [6.07, 6.45) is 0. The molecule has 0 spiro atoms. The van der Waals surface area contributed by atoms with Crippen LogP contribution in [-0.2, 0) is 12.3 Å². The number of benzene rings is 1. The molecule has 0 bridgehead atoms. The van der Waals surface area contributed by atoms with Gasteiger partial charge in [0.1, 0.15) is 24.7 Å². The average Bonchev–Trinajstić information content (AvgIpc) is 2.93. The van der Waals surface area contributed by atoms with Gasteiger partial charge >= 0.3 is 0 Å². The first-order chi connectivity index (χ1) is 9.85. The van der Waals surface area contributed by atoms with Crippen molar-refractivity contribution in [2.75, 3.05) is 20.3 Å². The highest BCUT2D eigenvalue weighted by Gasteiger charge is 2.12. The van der Waals surface area contributed by atoms with E-state index in [1.54, 1.807) is 11.8 Å². The molecule has 1 aliphatic heterocycles. The normalized spacial score (nSPS) is 13.4. The van der Waals surface area contributed by atoms with Crippen molar-refractivity contribution in [1.82, 2.24) is 5.32 Å². The van der Waals surface area contributed by atoms with Gasteiger partial charge in [0.15, 0.2) is 11.5 Å². The second-order valence-electron chi connectivity index (χ2n) is 4.49. The van der Waals surface area contributed by atoms with Crippen LogP contribution in [-0.4, -0.2) is 20.3 Å². The minimum Gasteiger partial charge on any atom is -0.486 e. The molecular formula is C15H17NO3S. The largest absolute Gasteiger partial charge is 0.486 e. The lowest BCUT2D eigenvalue weighted by Gasteiger charge is -2.18. The molecule has 0 unspecified atom stereocenters. The van der Waals surface area contributed by atoms with Crippen LogP contribution in [0.1, 0.15) is 11.5 Å². The molecule has 1 aromatic carbocycles. The van der Waals surface area contributed by atoms with Gasteiger partial charge in [-0.25, -0.2) is 0 Å². The maximum absolute atomic E-state index is 5.72. The zero-order chi connectivity index (χ0) is 13.8. The first kappa shape index (κ1) is 13.4. The van der Waals surface area contributed by atoms with Crippen LogP contribution in [0, 0.1) is 0 Å². The molecular weight excluding hydrogens is 274 g/mol. The predicted octanol–water partition coefficient (Wildman–Crippen LogP) is 3.06. The molecule has 2 heterocycles. The van der Waals surface area contributed by atoms with Crippen molar-refractivity contribution in [3.8, 4) is 11.5 Å². The van der Waals surface area contributed by atoms with Crippen LogP contribution >= 0.6 is 11.8 Å². The molecule has 4 nitrogen and oxygen atoms in total. The number of thioether (sulfide) groups is 1. The number of fused-ring (bicyclic) bond motifs is 1. The van der Waals surface area contributed by atoms with Crippen LogP contribution in [0.4, 0.5) is 0 Å². The van der Waals surface area contributed by atoms with Gasteiger partial charge in [0.05, 0.1) is 12.3 Å². The van der Waals surface area contributed by atoms with E-state index < -0.39 is 0 Å². The van der Waals surface area contributed by atoms with Crippen molar-refractivity contribution in [3.05, 3.63) is 41.9 Å². The van der Waals surface area contributed by atoms with Crippen molar-refractivity contribution < 1.29 is 13.9 Å². The predicted molar refractivity (Wildman–Crippen MR) is 78.5 cm³/mol. The molecule has 5 heteroatoms. The van der Waals surface area contributed by atoms with E-state index >= 15 is 0 Å². The third-order valence-electron chi connectivity index (χ3n) is 2.96. The lowest BCUT2D eigenvalue weighted by Crippen LogP contribution is -2.15. The molecule has 0 saturated heterocycles. The van der Waals surface area contributed by atoms with Crippen molar-refractivity contribution >= 4 is 11.8 Å². The van der Waals surface area contributed by atoms with Gasteiger partial charge in [-0.2, -0.15) is 0 Å². The number of furan rings is 1. The standard InChI is InChI=1S/C15H17NO3S/c1-16-9-11-2-3-12(19-11)10-20-13-4-5-14-15(8-13)18-7-6-17-14/h2-5,8,16H,6-7,9-10H2,1H3. The van der Waals surface area contributed by atoms with Crippen molar-refractivity contribution in [2.45, 2.75) is 17.2 Å². The van der Waals surface area contributed by atoms with Gasteiger partial charge in [-0.15, -0.1) is 11.8 Å². The fourth-order valence-electron chi connectivity index (χ4n) is 2.04. The minimum absolute atomic E-state index is 0.618. The molecule has 0 atom stereocenters. The number of ether oxygens (including phenoxy) is 2. The molecule has 0 amide bonds. The third kappa shape index (κ3) is 3.11. The molecule has 2 aromatic rings. The molecule has 1 aromatic heterocycles. The van der Waals surface area contributed by atoms with E-state index in [9.17, 15) is 0 Å². The van der Waals surface area contributed by atoms with Crippen LogP contribution in [0.15, 0.2) is 39.6 Å². The Balaban J connectivity index is 1.62. The van der Waals surface area contributed by atoms with Crippen LogP contribution < -0.4 is 14.8 Å². The van der Waals surface area contributed by atoms with Gasteiger partial charge in [-0.1, -0.05) is 0 Å². The van der Waals surface area contributed by atoms with Gasteiger partial charge < -0.3 is 19.2 Å². The van der Waals surface area contributed by atoms with Crippen LogP contribution in [0.2, 0.25) is 0 Å². The van der Waals surface area contributed by atoms with Gasteiger partial charge in [0.25, 0.3) is 0 Å². The molecule has 0 radical (unpaired) electrons. The van der Waals surface area contributed by atoms with E-state index in [2.05, 4.69) is 11.4 Å². The van der Waals surface area contributed by atoms with E-state index in [1.165, 1.54) is 0 Å². The van der Waals surface area contributed by atoms with Crippen molar-refractivity contribution in [1.29, 1.82) is 0 Å². The van der Waals surface area contributed by atoms with Crippen LogP contribution in [0.25, 0.3) is 0 Å². The Hall–Kier alpha value is -1.59. The summed E-state index contributed by atoms with van der Waals surface area (Å²) in [5.41, 5.74) is 0. The summed E-state index contributed by atoms with van der Waals surface area (Å²) in [7, 11) is 1.91. The molecule has 3 rings (SSSR count). The summed E-state index contributed by atoms with van der Waals surface area (Å²) in [4.78, 5) is 1.15. The number of hydrogen-bond donors (Lipinski definition) is 1. The van der Waals surface area contributed by atoms with Gasteiger partial charge in [-0.05, 0) is 37.4 Å². The van der Waals surface area contributed by atoms with E-state index in [0.29, 0.717) is 13.2 Å². The average molecular weight is 291 g/mol. The monoisotopic (exact) mass is 291 g/mol. The van der Waals surface area contributed by atoms with Gasteiger partial charge in [0.2, 0.25) is 0 Å². The third-order valence-corrected chi connectivity index (χ3v) is 3.98. The Morgan fingerprint density at radius 2 is 1.85 bits per heavy atom. The number of hydrogen-bond acceptors (Lipinski definition) is 5. The van der Waals surface area contributed by atoms with Crippen molar-refractivity contribution in [3.63, 3.8) is 0 Å². The highest BCUT2D eigenvalue weighted by molar-refractivity contribution is 7.98. The second-order valence-corrected chi connectivity index (χ2v) is 5.54. The highest BCUT2D eigenvalue weighted by Crippen LogP contribution is 2.35. The van der Waals surface area contributed by atoms with Gasteiger partial charge in [0, 0.05) is 4.90 Å². The second kappa shape index (κ2) is 6.24. The van der Waals surface area contributed by atoms with E-state index in [-0.39, 0.29) is 0 Å². The molecule has 0 saturated carbocycles. The van der Waals surface area contributed by atoms with E-state index in [1.807, 2.05) is 31.3 Å². The van der Waals surface area contributed by atoms with Crippen LogP contribution in [0.5, 0.6) is 11.5 Å². The Kier molecular flexibility index (Phi) is 4.18. The summed E-state index contributed by atoms with van der Waals surface area (Å²) >= 11 is 1.73. The van der Waals surface area contributed by atoms with Gasteiger partial charge in [-0.3, -0.25) is 0 Å². The molecule has 1 aliphatic rings. The smallest absolute Gasteiger partial charge is 0.162 e. The van der Waals surface area contributed by atoms with E-state index in [0.717, 1.165) is 40.2 Å². The van der Waals surface area contributed by atoms with Crippen molar-refractivity contribution in [2.24, 2.45) is 0 Å². The Bertz CT molecular complexity index is 582. The SMILES string of the molecule is CNCc1ccc(CSc2ccc3c(c2)OCCO3)o1. The highest BCUT2D eigenvalue weighted by atomic mass is 32.2. The maximum Gasteiger partial charge on any atom is 0.162 e. The van der Waals surface area contributed by atoms with E-state index in [4.69, 9.17) is 13.9 Å². The molecule has 20 heavy (non-hydrogen) atoms. The summed E-state index contributed by atoms with van der Waals surface area (Å²) < 4.78 is 16.8.